The van der Waals surface area contributed by atoms with Crippen LogP contribution in [0.3, 0.4) is 0 Å². The van der Waals surface area contributed by atoms with Crippen LogP contribution < -0.4 is 0 Å². The van der Waals surface area contributed by atoms with Gasteiger partial charge in [-0.1, -0.05) is 31.7 Å². The first-order chi connectivity index (χ1) is 12.6. The number of rotatable bonds is 6. The fourth-order valence-corrected chi connectivity index (χ4v) is 7.22. The Labute approximate surface area is 157 Å². The number of hydrogen-bond donors (Lipinski definition) is 0. The van der Waals surface area contributed by atoms with Gasteiger partial charge in [-0.25, -0.2) is 8.42 Å². The van der Waals surface area contributed by atoms with Crippen LogP contribution in [0, 0.1) is 5.92 Å². The van der Waals surface area contributed by atoms with Gasteiger partial charge in [-0.3, -0.25) is 14.8 Å². The maximum atomic E-state index is 12.4. The SMILES string of the molecule is O=S1(=O)C[C@@H]2[C@H](C1)N(CCCC1CCCC1)CCN2Cc1cccnc1. The van der Waals surface area contributed by atoms with Crippen molar-refractivity contribution in [1.29, 1.82) is 0 Å². The van der Waals surface area contributed by atoms with Crippen LogP contribution in [0.1, 0.15) is 44.1 Å². The fraction of sp³-hybridized carbons (Fsp3) is 0.750. The minimum Gasteiger partial charge on any atom is -0.297 e. The van der Waals surface area contributed by atoms with Crippen LogP contribution in [-0.2, 0) is 16.4 Å². The maximum absolute atomic E-state index is 12.4. The Morgan fingerprint density at radius 3 is 2.54 bits per heavy atom. The zero-order valence-electron chi connectivity index (χ0n) is 15.6. The van der Waals surface area contributed by atoms with Crippen molar-refractivity contribution in [2.45, 2.75) is 57.2 Å². The minimum absolute atomic E-state index is 0.139. The van der Waals surface area contributed by atoms with Crippen LogP contribution in [0.2, 0.25) is 0 Å². The zero-order valence-corrected chi connectivity index (χ0v) is 16.4. The molecule has 3 fully saturated rings. The number of aromatic nitrogens is 1. The fourth-order valence-electron chi connectivity index (χ4n) is 5.18. The Morgan fingerprint density at radius 1 is 1.08 bits per heavy atom. The van der Waals surface area contributed by atoms with Gasteiger partial charge < -0.3 is 0 Å². The predicted octanol–water partition coefficient (Wildman–Crippen LogP) is 2.34. The van der Waals surface area contributed by atoms with E-state index in [0.29, 0.717) is 11.5 Å². The lowest BCUT2D eigenvalue weighted by molar-refractivity contribution is 0.0387. The molecule has 1 aromatic rings. The molecule has 0 N–H and O–H groups in total. The summed E-state index contributed by atoms with van der Waals surface area (Å²) in [4.78, 5) is 9.05. The molecule has 4 rings (SSSR count). The van der Waals surface area contributed by atoms with Crippen molar-refractivity contribution in [3.05, 3.63) is 30.1 Å². The highest BCUT2D eigenvalue weighted by atomic mass is 32.2. The van der Waals surface area contributed by atoms with Crippen molar-refractivity contribution >= 4 is 9.84 Å². The molecule has 0 unspecified atom stereocenters. The van der Waals surface area contributed by atoms with Crippen LogP contribution in [0.5, 0.6) is 0 Å². The van der Waals surface area contributed by atoms with Crippen LogP contribution in [0.25, 0.3) is 0 Å². The molecule has 2 atom stereocenters. The molecule has 0 radical (unpaired) electrons. The van der Waals surface area contributed by atoms with Crippen LogP contribution in [0.15, 0.2) is 24.5 Å². The second-order valence-electron chi connectivity index (χ2n) is 8.37. The second kappa shape index (κ2) is 7.95. The zero-order chi connectivity index (χ0) is 18.0. The molecule has 3 aliphatic rings. The van der Waals surface area contributed by atoms with Gasteiger partial charge in [-0.05, 0) is 36.9 Å². The molecule has 6 heteroatoms. The van der Waals surface area contributed by atoms with E-state index in [4.69, 9.17) is 0 Å². The Kier molecular flexibility index (Phi) is 5.62. The molecule has 2 saturated heterocycles. The average Bonchev–Trinajstić information content (AvgIpc) is 3.24. The summed E-state index contributed by atoms with van der Waals surface area (Å²) in [5, 5.41) is 0. The van der Waals surface area contributed by atoms with Crippen molar-refractivity contribution < 1.29 is 8.42 Å². The molecule has 144 valence electrons. The van der Waals surface area contributed by atoms with Gasteiger partial charge in [0, 0.05) is 44.1 Å². The summed E-state index contributed by atoms with van der Waals surface area (Å²) in [6, 6.07) is 4.35. The van der Waals surface area contributed by atoms with Crippen molar-refractivity contribution in [1.82, 2.24) is 14.8 Å². The highest BCUT2D eigenvalue weighted by Gasteiger charge is 2.46. The summed E-state index contributed by atoms with van der Waals surface area (Å²) in [6.45, 7) is 3.81. The number of pyridine rings is 1. The van der Waals surface area contributed by atoms with E-state index in [1.807, 2.05) is 12.3 Å². The Morgan fingerprint density at radius 2 is 1.81 bits per heavy atom. The summed E-state index contributed by atoms with van der Waals surface area (Å²) in [5.74, 6) is 1.58. The van der Waals surface area contributed by atoms with Crippen molar-refractivity contribution in [2.75, 3.05) is 31.1 Å². The average molecular weight is 378 g/mol. The number of fused-ring (bicyclic) bond motifs is 1. The highest BCUT2D eigenvalue weighted by Crippen LogP contribution is 2.31. The predicted molar refractivity (Wildman–Crippen MR) is 104 cm³/mol. The van der Waals surface area contributed by atoms with Gasteiger partial charge in [0.05, 0.1) is 11.5 Å². The third-order valence-corrected chi connectivity index (χ3v) is 8.25. The van der Waals surface area contributed by atoms with E-state index in [1.54, 1.807) is 6.20 Å². The van der Waals surface area contributed by atoms with Crippen molar-refractivity contribution in [2.24, 2.45) is 5.92 Å². The van der Waals surface area contributed by atoms with Gasteiger partial charge in [0.25, 0.3) is 0 Å². The highest BCUT2D eigenvalue weighted by molar-refractivity contribution is 7.91. The standard InChI is InChI=1S/C20H31N3O2S/c24-26(25)15-19-20(16-26)23(14-18-7-3-9-21-13-18)12-11-22(19)10-4-8-17-5-1-2-6-17/h3,7,9,13,17,19-20H,1-2,4-6,8,10-12,14-16H2/t19-,20+/m0/s1. The third kappa shape index (κ3) is 4.29. The maximum Gasteiger partial charge on any atom is 0.153 e. The Balaban J connectivity index is 1.38. The third-order valence-electron chi connectivity index (χ3n) is 6.55. The molecular weight excluding hydrogens is 346 g/mol. The molecule has 1 aromatic heterocycles. The topological polar surface area (TPSA) is 53.5 Å². The lowest BCUT2D eigenvalue weighted by Crippen LogP contribution is -2.58. The Bertz CT molecular complexity index is 688. The second-order valence-corrected chi connectivity index (χ2v) is 10.5. The summed E-state index contributed by atoms with van der Waals surface area (Å²) in [5.41, 5.74) is 1.17. The van der Waals surface area contributed by atoms with E-state index in [-0.39, 0.29) is 12.1 Å². The normalized spacial score (nSPS) is 29.8. The van der Waals surface area contributed by atoms with E-state index < -0.39 is 9.84 Å². The van der Waals surface area contributed by atoms with Gasteiger partial charge in [-0.2, -0.15) is 0 Å². The molecule has 0 bridgehead atoms. The first-order valence-corrected chi connectivity index (χ1v) is 12.0. The van der Waals surface area contributed by atoms with Crippen molar-refractivity contribution in [3.8, 4) is 0 Å². The van der Waals surface area contributed by atoms with E-state index in [0.717, 1.165) is 32.1 Å². The first-order valence-electron chi connectivity index (χ1n) is 10.2. The molecule has 1 aliphatic carbocycles. The van der Waals surface area contributed by atoms with Gasteiger partial charge in [0.2, 0.25) is 0 Å². The summed E-state index contributed by atoms with van der Waals surface area (Å²) in [6.07, 6.45) is 11.8. The molecule has 2 aliphatic heterocycles. The molecule has 0 amide bonds. The van der Waals surface area contributed by atoms with E-state index in [9.17, 15) is 8.42 Å². The van der Waals surface area contributed by atoms with E-state index in [2.05, 4.69) is 20.9 Å². The summed E-state index contributed by atoms with van der Waals surface area (Å²) >= 11 is 0. The number of nitrogens with zero attached hydrogens (tertiary/aromatic N) is 3. The van der Waals surface area contributed by atoms with Gasteiger partial charge >= 0.3 is 0 Å². The van der Waals surface area contributed by atoms with Crippen LogP contribution in [0.4, 0.5) is 0 Å². The van der Waals surface area contributed by atoms with Crippen LogP contribution in [-0.4, -0.2) is 66.4 Å². The largest absolute Gasteiger partial charge is 0.297 e. The molecular formula is C20H31N3O2S. The van der Waals surface area contributed by atoms with E-state index in [1.165, 1.54) is 44.1 Å². The smallest absolute Gasteiger partial charge is 0.153 e. The number of piperazine rings is 1. The summed E-state index contributed by atoms with van der Waals surface area (Å²) < 4.78 is 24.7. The van der Waals surface area contributed by atoms with Crippen molar-refractivity contribution in [3.63, 3.8) is 0 Å². The molecule has 26 heavy (non-hydrogen) atoms. The summed E-state index contributed by atoms with van der Waals surface area (Å²) in [7, 11) is -2.93. The van der Waals surface area contributed by atoms with Gasteiger partial charge in [0.15, 0.2) is 9.84 Å². The molecule has 5 nitrogen and oxygen atoms in total. The molecule has 0 aromatic carbocycles. The van der Waals surface area contributed by atoms with Gasteiger partial charge in [-0.15, -0.1) is 0 Å². The quantitative estimate of drug-likeness (QED) is 0.762. The lowest BCUT2D eigenvalue weighted by atomic mass is 9.99. The van der Waals surface area contributed by atoms with Crippen LogP contribution >= 0.6 is 0 Å². The number of hydrogen-bond acceptors (Lipinski definition) is 5. The lowest BCUT2D eigenvalue weighted by Gasteiger charge is -2.44. The number of sulfone groups is 1. The molecule has 3 heterocycles. The molecule has 0 spiro atoms. The first kappa shape index (κ1) is 18.4. The Hall–Kier alpha value is -0.980. The monoisotopic (exact) mass is 377 g/mol. The van der Waals surface area contributed by atoms with Gasteiger partial charge in [0.1, 0.15) is 0 Å². The molecule has 1 saturated carbocycles. The van der Waals surface area contributed by atoms with E-state index >= 15 is 0 Å². The minimum atomic E-state index is -2.93.